The normalized spacial score (nSPS) is 9.25. The van der Waals surface area contributed by atoms with Crippen LogP contribution in [-0.2, 0) is 0 Å². The van der Waals surface area contributed by atoms with Gasteiger partial charge in [0.1, 0.15) is 5.75 Å². The minimum absolute atomic E-state index is 0.0130. The van der Waals surface area contributed by atoms with Gasteiger partial charge in [-0.05, 0) is 25.1 Å². The lowest BCUT2D eigenvalue weighted by Crippen LogP contribution is -2.22. The number of carbonyl (C=O) groups excluding carboxylic acids is 1. The molecule has 0 saturated heterocycles. The minimum atomic E-state index is -0.207. The molecule has 3 N–H and O–H groups in total. The Bertz CT molecular complexity index is 422. The average molecular weight is 218 g/mol. The summed E-state index contributed by atoms with van der Waals surface area (Å²) < 4.78 is 0. The number of amides is 1. The fourth-order valence-corrected chi connectivity index (χ4v) is 1.23. The van der Waals surface area contributed by atoms with E-state index in [4.69, 9.17) is 6.42 Å². The Balaban J connectivity index is 2.83. The molecule has 0 saturated carbocycles. The first-order valence-electron chi connectivity index (χ1n) is 4.97. The summed E-state index contributed by atoms with van der Waals surface area (Å²) in [7, 11) is 0. The van der Waals surface area contributed by atoms with Gasteiger partial charge in [0.25, 0.3) is 5.91 Å². The highest BCUT2D eigenvalue weighted by molar-refractivity contribution is 5.95. The van der Waals surface area contributed by atoms with E-state index in [1.807, 2.05) is 6.92 Å². The number of terminal acetylenes is 1. The van der Waals surface area contributed by atoms with Gasteiger partial charge in [0.15, 0.2) is 0 Å². The van der Waals surface area contributed by atoms with Crippen molar-refractivity contribution in [3.63, 3.8) is 0 Å². The van der Waals surface area contributed by atoms with Crippen LogP contribution < -0.4 is 10.6 Å². The van der Waals surface area contributed by atoms with Gasteiger partial charge >= 0.3 is 0 Å². The largest absolute Gasteiger partial charge is 0.506 e. The van der Waals surface area contributed by atoms with Crippen LogP contribution in [0.15, 0.2) is 18.2 Å². The van der Waals surface area contributed by atoms with Gasteiger partial charge in [-0.3, -0.25) is 4.79 Å². The van der Waals surface area contributed by atoms with Crippen molar-refractivity contribution < 1.29 is 9.90 Å². The third-order valence-electron chi connectivity index (χ3n) is 1.98. The lowest BCUT2D eigenvalue weighted by molar-refractivity contribution is 0.0955. The number of aromatic hydroxyl groups is 1. The van der Waals surface area contributed by atoms with Gasteiger partial charge in [-0.15, -0.1) is 6.42 Å². The molecule has 84 valence electrons. The topological polar surface area (TPSA) is 61.4 Å². The van der Waals surface area contributed by atoms with Crippen molar-refractivity contribution in [1.82, 2.24) is 5.32 Å². The number of anilines is 1. The zero-order valence-corrected chi connectivity index (χ0v) is 9.08. The van der Waals surface area contributed by atoms with Crippen LogP contribution >= 0.6 is 0 Å². The first kappa shape index (κ1) is 11.9. The summed E-state index contributed by atoms with van der Waals surface area (Å²) in [4.78, 5) is 11.4. The van der Waals surface area contributed by atoms with E-state index >= 15 is 0 Å². The van der Waals surface area contributed by atoms with E-state index in [1.54, 1.807) is 12.1 Å². The number of carbonyl (C=O) groups is 1. The van der Waals surface area contributed by atoms with E-state index < -0.39 is 0 Å². The molecule has 0 heterocycles. The van der Waals surface area contributed by atoms with Crippen molar-refractivity contribution in [3.05, 3.63) is 23.8 Å². The summed E-state index contributed by atoms with van der Waals surface area (Å²) in [5, 5.41) is 15.1. The number of benzene rings is 1. The summed E-state index contributed by atoms with van der Waals surface area (Å²) >= 11 is 0. The van der Waals surface area contributed by atoms with Crippen molar-refractivity contribution in [2.75, 3.05) is 18.4 Å². The lowest BCUT2D eigenvalue weighted by atomic mass is 10.1. The fourth-order valence-electron chi connectivity index (χ4n) is 1.23. The standard InChI is InChI=1S/C12H14N2O2/c1-3-7-14-10-6-5-9(8-11(10)15)12(16)13-4-2/h1,5-6,8,14-15H,4,7H2,2H3,(H,13,16). The van der Waals surface area contributed by atoms with Crippen LogP contribution in [-0.4, -0.2) is 24.1 Å². The van der Waals surface area contributed by atoms with Crippen molar-refractivity contribution >= 4 is 11.6 Å². The quantitative estimate of drug-likeness (QED) is 0.525. The molecule has 1 aromatic rings. The molecule has 1 aromatic carbocycles. The van der Waals surface area contributed by atoms with E-state index in [1.165, 1.54) is 6.07 Å². The lowest BCUT2D eigenvalue weighted by Gasteiger charge is -2.07. The van der Waals surface area contributed by atoms with E-state index in [0.717, 1.165) is 0 Å². The van der Waals surface area contributed by atoms with Crippen LogP contribution in [0.2, 0.25) is 0 Å². The highest BCUT2D eigenvalue weighted by Crippen LogP contribution is 2.23. The smallest absolute Gasteiger partial charge is 0.251 e. The summed E-state index contributed by atoms with van der Waals surface area (Å²) in [5.74, 6) is 2.21. The molecule has 0 fully saturated rings. The van der Waals surface area contributed by atoms with Crippen molar-refractivity contribution in [1.29, 1.82) is 0 Å². The SMILES string of the molecule is C#CCNc1ccc(C(=O)NCC)cc1O. The van der Waals surface area contributed by atoms with E-state index in [2.05, 4.69) is 16.6 Å². The van der Waals surface area contributed by atoms with Crippen LogP contribution in [0, 0.1) is 12.3 Å². The van der Waals surface area contributed by atoms with Gasteiger partial charge < -0.3 is 15.7 Å². The molecule has 0 aromatic heterocycles. The summed E-state index contributed by atoms with van der Waals surface area (Å²) in [5.41, 5.74) is 0.941. The molecule has 0 atom stereocenters. The van der Waals surface area contributed by atoms with Crippen LogP contribution in [0.25, 0.3) is 0 Å². The number of hydrogen-bond donors (Lipinski definition) is 3. The van der Waals surface area contributed by atoms with Gasteiger partial charge in [0, 0.05) is 12.1 Å². The molecular weight excluding hydrogens is 204 g/mol. The molecule has 0 aliphatic rings. The highest BCUT2D eigenvalue weighted by Gasteiger charge is 2.07. The Labute approximate surface area is 94.7 Å². The molecule has 1 rings (SSSR count). The first-order valence-corrected chi connectivity index (χ1v) is 4.97. The third-order valence-corrected chi connectivity index (χ3v) is 1.98. The van der Waals surface area contributed by atoms with Crippen LogP contribution in [0.3, 0.4) is 0 Å². The van der Waals surface area contributed by atoms with E-state index in [-0.39, 0.29) is 11.7 Å². The summed E-state index contributed by atoms with van der Waals surface area (Å²) in [6, 6.07) is 4.66. The molecule has 0 bridgehead atoms. The van der Waals surface area contributed by atoms with Crippen molar-refractivity contribution in [2.24, 2.45) is 0 Å². The zero-order chi connectivity index (χ0) is 12.0. The molecule has 0 aliphatic carbocycles. The molecule has 4 heteroatoms. The van der Waals surface area contributed by atoms with E-state index in [9.17, 15) is 9.90 Å². The molecule has 4 nitrogen and oxygen atoms in total. The van der Waals surface area contributed by atoms with Crippen LogP contribution in [0.4, 0.5) is 5.69 Å². The van der Waals surface area contributed by atoms with Gasteiger partial charge in [-0.1, -0.05) is 5.92 Å². The number of phenols is 1. The fraction of sp³-hybridized carbons (Fsp3) is 0.250. The summed E-state index contributed by atoms with van der Waals surface area (Å²) in [6.45, 7) is 2.71. The second-order valence-electron chi connectivity index (χ2n) is 3.15. The predicted molar refractivity (Wildman–Crippen MR) is 63.4 cm³/mol. The molecule has 0 spiro atoms. The third kappa shape index (κ3) is 2.92. The van der Waals surface area contributed by atoms with Gasteiger partial charge in [-0.25, -0.2) is 0 Å². The summed E-state index contributed by atoms with van der Waals surface area (Å²) in [6.07, 6.45) is 5.09. The van der Waals surface area contributed by atoms with Crippen molar-refractivity contribution in [2.45, 2.75) is 6.92 Å². The number of nitrogens with one attached hydrogen (secondary N) is 2. The Kier molecular flexibility index (Phi) is 4.22. The first-order chi connectivity index (χ1) is 7.69. The zero-order valence-electron chi connectivity index (χ0n) is 9.08. The second-order valence-corrected chi connectivity index (χ2v) is 3.15. The predicted octanol–water partition coefficient (Wildman–Crippen LogP) is 1.19. The minimum Gasteiger partial charge on any atom is -0.506 e. The maximum absolute atomic E-state index is 11.4. The molecule has 0 radical (unpaired) electrons. The van der Waals surface area contributed by atoms with Gasteiger partial charge in [0.05, 0.1) is 12.2 Å². The second kappa shape index (κ2) is 5.66. The molecule has 0 aliphatic heterocycles. The van der Waals surface area contributed by atoms with Gasteiger partial charge in [-0.2, -0.15) is 0 Å². The maximum Gasteiger partial charge on any atom is 0.251 e. The number of phenolic OH excluding ortho intramolecular Hbond substituents is 1. The Morgan fingerprint density at radius 1 is 1.56 bits per heavy atom. The molecule has 1 amide bonds. The van der Waals surface area contributed by atoms with Crippen LogP contribution in [0.1, 0.15) is 17.3 Å². The molecule has 16 heavy (non-hydrogen) atoms. The Hall–Kier alpha value is -2.15. The Morgan fingerprint density at radius 2 is 2.31 bits per heavy atom. The van der Waals surface area contributed by atoms with Crippen LogP contribution in [0.5, 0.6) is 5.75 Å². The number of hydrogen-bond acceptors (Lipinski definition) is 3. The average Bonchev–Trinajstić information content (AvgIpc) is 2.27. The number of rotatable bonds is 4. The maximum atomic E-state index is 11.4. The molecular formula is C12H14N2O2. The van der Waals surface area contributed by atoms with E-state index in [0.29, 0.717) is 24.3 Å². The molecule has 0 unspecified atom stereocenters. The van der Waals surface area contributed by atoms with Crippen molar-refractivity contribution in [3.8, 4) is 18.1 Å². The monoisotopic (exact) mass is 218 g/mol. The Morgan fingerprint density at radius 3 is 2.88 bits per heavy atom. The van der Waals surface area contributed by atoms with Gasteiger partial charge in [0.2, 0.25) is 0 Å². The highest BCUT2D eigenvalue weighted by atomic mass is 16.3.